The summed E-state index contributed by atoms with van der Waals surface area (Å²) in [4.78, 5) is 38.6. The predicted molar refractivity (Wildman–Crippen MR) is 168 cm³/mol. The molecular weight excluding hydrogens is 552 g/mol. The van der Waals surface area contributed by atoms with Gasteiger partial charge in [-0.05, 0) is 70.1 Å². The molecule has 1 aliphatic rings. The number of carbonyl (C=O) groups excluding carboxylic acids is 3. The maximum Gasteiger partial charge on any atom is 0.328 e. The van der Waals surface area contributed by atoms with E-state index in [1.54, 1.807) is 31.2 Å². The van der Waals surface area contributed by atoms with E-state index in [1.807, 2.05) is 48.5 Å². The number of nitrogens with two attached hydrogens (primary N) is 1. The summed E-state index contributed by atoms with van der Waals surface area (Å²) in [6, 6.07) is 29.6. The third kappa shape index (κ3) is 6.88. The molecule has 7 nitrogen and oxygen atoms in total. The van der Waals surface area contributed by atoms with Crippen molar-refractivity contribution >= 4 is 17.8 Å². The highest BCUT2D eigenvalue weighted by molar-refractivity contribution is 5.97. The van der Waals surface area contributed by atoms with Crippen molar-refractivity contribution < 1.29 is 23.9 Å². The van der Waals surface area contributed by atoms with Crippen molar-refractivity contribution in [2.45, 2.75) is 31.8 Å². The first-order valence-corrected chi connectivity index (χ1v) is 14.5. The Bertz CT molecular complexity index is 1670. The number of nitrogens with one attached hydrogen (secondary N) is 1. The Kier molecular flexibility index (Phi) is 9.53. The largest absolute Gasteiger partial charge is 0.467 e. The maximum absolute atomic E-state index is 13.1. The molecule has 4 aromatic rings. The van der Waals surface area contributed by atoms with E-state index < -0.39 is 29.8 Å². The molecule has 0 bridgehead atoms. The number of ether oxygens (including phenoxy) is 2. The summed E-state index contributed by atoms with van der Waals surface area (Å²) >= 11 is 0. The third-order valence-electron chi connectivity index (χ3n) is 7.86. The fraction of sp³-hybridized carbons (Fsp3) is 0.216. The number of esters is 2. The van der Waals surface area contributed by atoms with Gasteiger partial charge in [0.1, 0.15) is 12.6 Å². The minimum atomic E-state index is -1.04. The molecule has 1 aliphatic carbocycles. The zero-order valence-electron chi connectivity index (χ0n) is 24.7. The molecule has 0 saturated heterocycles. The summed E-state index contributed by atoms with van der Waals surface area (Å²) in [6.07, 6.45) is -0.0726. The lowest BCUT2D eigenvalue weighted by Crippen LogP contribution is -2.46. The lowest BCUT2D eigenvalue weighted by atomic mass is 9.97. The van der Waals surface area contributed by atoms with Gasteiger partial charge in [-0.25, -0.2) is 4.79 Å². The van der Waals surface area contributed by atoms with Gasteiger partial charge in [0, 0.05) is 29.2 Å². The standard InChI is InChI=1S/C37H34N2O5/c1-24(21-34(40)44-23-33-31-9-5-3-7-29(31)30-8-4-6-10-32(30)33)35(37(42)43-2)39-36(41)28-19-17-26(18-20-28)12-11-25-13-15-27(22-38)16-14-25/h3-10,13-20,24,33,35H,21-23,38H2,1-2H3,(H,39,41)/t24-,35-/m0/s1. The van der Waals surface area contributed by atoms with Gasteiger partial charge in [0.2, 0.25) is 0 Å². The van der Waals surface area contributed by atoms with Crippen LogP contribution in [0.15, 0.2) is 97.1 Å². The molecule has 1 amide bonds. The molecule has 5 rings (SSSR count). The van der Waals surface area contributed by atoms with Crippen LogP contribution in [0.4, 0.5) is 0 Å². The normalized spacial score (nSPS) is 13.0. The minimum absolute atomic E-state index is 0.0675. The van der Waals surface area contributed by atoms with E-state index in [4.69, 9.17) is 15.2 Å². The quantitative estimate of drug-likeness (QED) is 0.206. The van der Waals surface area contributed by atoms with Crippen LogP contribution in [0.25, 0.3) is 11.1 Å². The van der Waals surface area contributed by atoms with Crippen LogP contribution in [0.3, 0.4) is 0 Å². The van der Waals surface area contributed by atoms with Crippen molar-refractivity contribution in [3.8, 4) is 23.0 Å². The summed E-state index contributed by atoms with van der Waals surface area (Å²) in [6.45, 7) is 2.37. The van der Waals surface area contributed by atoms with Crippen LogP contribution in [0.5, 0.6) is 0 Å². The van der Waals surface area contributed by atoms with Crippen LogP contribution in [-0.4, -0.2) is 37.6 Å². The molecule has 0 aromatic heterocycles. The molecule has 0 radical (unpaired) electrons. The lowest BCUT2D eigenvalue weighted by Gasteiger charge is -2.23. The van der Waals surface area contributed by atoms with Gasteiger partial charge in [-0.15, -0.1) is 0 Å². The van der Waals surface area contributed by atoms with Crippen LogP contribution in [-0.2, 0) is 25.6 Å². The predicted octanol–water partition coefficient (Wildman–Crippen LogP) is 5.20. The number of hydrogen-bond acceptors (Lipinski definition) is 6. The van der Waals surface area contributed by atoms with Crippen LogP contribution in [0.2, 0.25) is 0 Å². The monoisotopic (exact) mass is 586 g/mol. The fourth-order valence-electron chi connectivity index (χ4n) is 5.41. The van der Waals surface area contributed by atoms with E-state index in [0.717, 1.165) is 38.9 Å². The average Bonchev–Trinajstić information content (AvgIpc) is 3.38. The summed E-state index contributed by atoms with van der Waals surface area (Å²) in [5.41, 5.74) is 13.1. The van der Waals surface area contributed by atoms with E-state index in [2.05, 4.69) is 41.4 Å². The Balaban J connectivity index is 1.19. The summed E-state index contributed by atoms with van der Waals surface area (Å²) < 4.78 is 10.7. The van der Waals surface area contributed by atoms with E-state index in [9.17, 15) is 14.4 Å². The highest BCUT2D eigenvalue weighted by atomic mass is 16.5. The molecule has 2 atom stereocenters. The van der Waals surface area contributed by atoms with Gasteiger partial charge in [-0.3, -0.25) is 9.59 Å². The number of hydrogen-bond donors (Lipinski definition) is 2. The second kappa shape index (κ2) is 13.9. The SMILES string of the molecule is COC(=O)[C@@H](NC(=O)c1ccc(C#Cc2ccc(CN)cc2)cc1)[C@@H](C)CC(=O)OCC1c2ccccc2-c2ccccc21. The minimum Gasteiger partial charge on any atom is -0.467 e. The second-order valence-electron chi connectivity index (χ2n) is 10.8. The van der Waals surface area contributed by atoms with E-state index in [1.165, 1.54) is 7.11 Å². The van der Waals surface area contributed by atoms with Crippen molar-refractivity contribution in [2.75, 3.05) is 13.7 Å². The van der Waals surface area contributed by atoms with Crippen LogP contribution in [0, 0.1) is 17.8 Å². The molecule has 0 unspecified atom stereocenters. The van der Waals surface area contributed by atoms with Crippen LogP contribution < -0.4 is 11.1 Å². The molecule has 0 aliphatic heterocycles. The molecule has 3 N–H and O–H groups in total. The molecule has 7 heteroatoms. The Morgan fingerprint density at radius 3 is 1.91 bits per heavy atom. The maximum atomic E-state index is 13.1. The van der Waals surface area contributed by atoms with Crippen molar-refractivity contribution in [2.24, 2.45) is 11.7 Å². The molecule has 0 spiro atoms. The molecule has 44 heavy (non-hydrogen) atoms. The Hall–Kier alpha value is -5.19. The van der Waals surface area contributed by atoms with E-state index in [-0.39, 0.29) is 18.9 Å². The van der Waals surface area contributed by atoms with Crippen LogP contribution in [0.1, 0.15) is 57.4 Å². The topological polar surface area (TPSA) is 108 Å². The molecule has 0 saturated carbocycles. The Morgan fingerprint density at radius 2 is 1.36 bits per heavy atom. The van der Waals surface area contributed by atoms with Gasteiger partial charge in [-0.1, -0.05) is 79.4 Å². The van der Waals surface area contributed by atoms with Crippen molar-refractivity contribution in [1.82, 2.24) is 5.32 Å². The highest BCUT2D eigenvalue weighted by Gasteiger charge is 2.32. The molecule has 4 aromatic carbocycles. The number of fused-ring (bicyclic) bond motifs is 3. The van der Waals surface area contributed by atoms with Gasteiger partial charge in [-0.2, -0.15) is 0 Å². The summed E-state index contributed by atoms with van der Waals surface area (Å²) in [5, 5.41) is 2.73. The highest BCUT2D eigenvalue weighted by Crippen LogP contribution is 2.44. The first-order chi connectivity index (χ1) is 21.4. The summed E-state index contributed by atoms with van der Waals surface area (Å²) in [5.74, 6) is 3.97. The Morgan fingerprint density at radius 1 is 0.818 bits per heavy atom. The van der Waals surface area contributed by atoms with Gasteiger partial charge in [0.15, 0.2) is 0 Å². The smallest absolute Gasteiger partial charge is 0.328 e. The molecular formula is C37H34N2O5. The zero-order valence-corrected chi connectivity index (χ0v) is 24.7. The fourth-order valence-corrected chi connectivity index (χ4v) is 5.41. The number of benzene rings is 4. The lowest BCUT2D eigenvalue weighted by molar-refractivity contribution is -0.147. The average molecular weight is 587 g/mol. The number of amides is 1. The van der Waals surface area contributed by atoms with Crippen molar-refractivity contribution in [3.05, 3.63) is 130 Å². The van der Waals surface area contributed by atoms with Gasteiger partial charge < -0.3 is 20.5 Å². The van der Waals surface area contributed by atoms with Gasteiger partial charge >= 0.3 is 11.9 Å². The number of rotatable bonds is 9. The van der Waals surface area contributed by atoms with E-state index in [0.29, 0.717) is 12.1 Å². The van der Waals surface area contributed by atoms with Crippen molar-refractivity contribution in [3.63, 3.8) is 0 Å². The first kappa shape index (κ1) is 30.3. The van der Waals surface area contributed by atoms with Gasteiger partial charge in [0.05, 0.1) is 13.5 Å². The van der Waals surface area contributed by atoms with Crippen molar-refractivity contribution in [1.29, 1.82) is 0 Å². The molecule has 0 fully saturated rings. The third-order valence-corrected chi connectivity index (χ3v) is 7.86. The molecule has 222 valence electrons. The number of carbonyl (C=O) groups is 3. The summed E-state index contributed by atoms with van der Waals surface area (Å²) in [7, 11) is 1.25. The first-order valence-electron chi connectivity index (χ1n) is 14.5. The zero-order chi connectivity index (χ0) is 31.1. The second-order valence-corrected chi connectivity index (χ2v) is 10.8. The Labute approximate surface area is 257 Å². The van der Waals surface area contributed by atoms with Crippen LogP contribution >= 0.6 is 0 Å². The molecule has 0 heterocycles. The van der Waals surface area contributed by atoms with E-state index >= 15 is 0 Å². The number of methoxy groups -OCH3 is 1. The van der Waals surface area contributed by atoms with Gasteiger partial charge in [0.25, 0.3) is 5.91 Å².